The zero-order chi connectivity index (χ0) is 42.2. The van der Waals surface area contributed by atoms with Crippen molar-refractivity contribution in [1.29, 1.82) is 0 Å². The van der Waals surface area contributed by atoms with Gasteiger partial charge in [-0.2, -0.15) is 0 Å². The molecule has 0 spiro atoms. The summed E-state index contributed by atoms with van der Waals surface area (Å²) in [7, 11) is -2.93. The zero-order valence-corrected chi connectivity index (χ0v) is 36.0. The molecule has 0 radical (unpaired) electrons. The maximum absolute atomic E-state index is 2.93. The molecule has 0 aliphatic rings. The second-order valence-electron chi connectivity index (χ2n) is 16.8. The van der Waals surface area contributed by atoms with Gasteiger partial charge in [0, 0.05) is 49.4 Å². The van der Waals surface area contributed by atoms with E-state index in [1.165, 1.54) is 86.2 Å². The largest absolute Gasteiger partial charge is 0.309 e. The van der Waals surface area contributed by atoms with Crippen LogP contribution in [0, 0.1) is 0 Å². The summed E-state index contributed by atoms with van der Waals surface area (Å²) in [4.78, 5) is 0. The first-order chi connectivity index (χ1) is 31.8. The highest BCUT2D eigenvalue weighted by atomic mass is 28.3. The molecule has 0 aliphatic heterocycles. The summed E-state index contributed by atoms with van der Waals surface area (Å²) < 4.78 is 7.38. The molecule has 0 N–H and O–H groups in total. The third-order valence-corrected chi connectivity index (χ3v) is 18.4. The molecular formula is C60H41N3Si. The Morgan fingerprint density at radius 1 is 0.234 bits per heavy atom. The molecule has 3 heterocycles. The van der Waals surface area contributed by atoms with Gasteiger partial charge in [0.2, 0.25) is 0 Å². The number of rotatable bonds is 7. The van der Waals surface area contributed by atoms with Gasteiger partial charge in [0.25, 0.3) is 0 Å². The lowest BCUT2D eigenvalue weighted by Crippen LogP contribution is -2.74. The molecule has 0 atom stereocenters. The molecule has 0 amide bonds. The molecule has 10 aromatic carbocycles. The van der Waals surface area contributed by atoms with Gasteiger partial charge in [0.15, 0.2) is 8.07 Å². The molecule has 3 nitrogen and oxygen atoms in total. The van der Waals surface area contributed by atoms with Crippen molar-refractivity contribution >= 4 is 94.2 Å². The predicted octanol–water partition coefficient (Wildman–Crippen LogP) is 12.4. The Balaban J connectivity index is 1.07. The molecule has 0 unspecified atom stereocenters. The van der Waals surface area contributed by atoms with Crippen LogP contribution in [0.5, 0.6) is 0 Å². The third-order valence-electron chi connectivity index (χ3n) is 13.6. The van der Waals surface area contributed by atoms with E-state index in [1.54, 1.807) is 0 Å². The Bertz CT molecular complexity index is 3830. The van der Waals surface area contributed by atoms with Crippen molar-refractivity contribution in [2.75, 3.05) is 0 Å². The zero-order valence-electron chi connectivity index (χ0n) is 35.0. The lowest BCUT2D eigenvalue weighted by molar-refractivity contribution is 1.17. The number of aromatic nitrogens is 3. The minimum absolute atomic E-state index is 1.14. The van der Waals surface area contributed by atoms with Gasteiger partial charge < -0.3 is 13.7 Å². The van der Waals surface area contributed by atoms with Gasteiger partial charge in [-0.05, 0) is 87.5 Å². The Morgan fingerprint density at radius 2 is 0.625 bits per heavy atom. The molecule has 0 saturated heterocycles. The SMILES string of the molecule is c1ccc(-n2c3ccccc3c3ccc([Si](c4ccccc4)(c4ccccc4)c4ccc(-n5c6ccccc6c6c5ccc5c7ccccc7n(-c7ccccc7)c56)cc4)cc32)cc1. The smallest absolute Gasteiger partial charge is 0.179 e. The van der Waals surface area contributed by atoms with Crippen molar-refractivity contribution < 1.29 is 0 Å². The molecule has 13 aromatic rings. The lowest BCUT2D eigenvalue weighted by atomic mass is 10.1. The van der Waals surface area contributed by atoms with Crippen molar-refractivity contribution in [2.24, 2.45) is 0 Å². The number of nitrogens with zero attached hydrogens (tertiary/aromatic N) is 3. The summed E-state index contributed by atoms with van der Waals surface area (Å²) in [6.07, 6.45) is 0. The molecule has 64 heavy (non-hydrogen) atoms. The first kappa shape index (κ1) is 36.5. The molecule has 300 valence electrons. The minimum Gasteiger partial charge on any atom is -0.309 e. The van der Waals surface area contributed by atoms with E-state index in [-0.39, 0.29) is 0 Å². The van der Waals surface area contributed by atoms with Crippen LogP contribution in [0.3, 0.4) is 0 Å². The fraction of sp³-hybridized carbons (Fsp3) is 0. The van der Waals surface area contributed by atoms with Gasteiger partial charge in [-0.3, -0.25) is 0 Å². The van der Waals surface area contributed by atoms with Gasteiger partial charge in [-0.15, -0.1) is 0 Å². The van der Waals surface area contributed by atoms with Crippen LogP contribution in [0.25, 0.3) is 82.5 Å². The van der Waals surface area contributed by atoms with Crippen molar-refractivity contribution in [3.8, 4) is 17.1 Å². The quantitative estimate of drug-likeness (QED) is 0.112. The highest BCUT2D eigenvalue weighted by Crippen LogP contribution is 2.42. The van der Waals surface area contributed by atoms with Gasteiger partial charge in [0.05, 0.1) is 33.1 Å². The second-order valence-corrected chi connectivity index (χ2v) is 20.7. The molecule has 4 heteroatoms. The Morgan fingerprint density at radius 3 is 1.23 bits per heavy atom. The van der Waals surface area contributed by atoms with Gasteiger partial charge in [0.1, 0.15) is 0 Å². The van der Waals surface area contributed by atoms with E-state index < -0.39 is 8.07 Å². The summed E-state index contributed by atoms with van der Waals surface area (Å²) in [6, 6.07) is 92.3. The average Bonchev–Trinajstić information content (AvgIpc) is 4.01. The van der Waals surface area contributed by atoms with E-state index in [4.69, 9.17) is 0 Å². The van der Waals surface area contributed by atoms with Crippen LogP contribution in [0.1, 0.15) is 0 Å². The van der Waals surface area contributed by atoms with E-state index in [0.717, 1.165) is 17.1 Å². The van der Waals surface area contributed by atoms with Crippen LogP contribution in [0.4, 0.5) is 0 Å². The highest BCUT2D eigenvalue weighted by Gasteiger charge is 2.42. The number of para-hydroxylation sites is 5. The maximum atomic E-state index is 2.51. The van der Waals surface area contributed by atoms with Crippen LogP contribution >= 0.6 is 0 Å². The minimum atomic E-state index is -2.93. The predicted molar refractivity (Wildman–Crippen MR) is 273 cm³/mol. The number of fused-ring (bicyclic) bond motifs is 10. The lowest BCUT2D eigenvalue weighted by Gasteiger charge is -2.34. The van der Waals surface area contributed by atoms with Crippen molar-refractivity contribution in [2.45, 2.75) is 0 Å². The first-order valence-corrected chi connectivity index (χ1v) is 24.1. The van der Waals surface area contributed by atoms with E-state index in [1.807, 2.05) is 0 Å². The van der Waals surface area contributed by atoms with Crippen LogP contribution in [-0.4, -0.2) is 21.8 Å². The number of hydrogen-bond donors (Lipinski definition) is 0. The molecule has 0 fully saturated rings. The first-order valence-electron chi connectivity index (χ1n) is 22.1. The van der Waals surface area contributed by atoms with Crippen LogP contribution in [0.15, 0.2) is 249 Å². The van der Waals surface area contributed by atoms with Gasteiger partial charge >= 0.3 is 0 Å². The topological polar surface area (TPSA) is 14.8 Å². The Kier molecular flexibility index (Phi) is 8.23. The Labute approximate surface area is 372 Å². The summed E-state index contributed by atoms with van der Waals surface area (Å²) >= 11 is 0. The molecule has 3 aromatic heterocycles. The summed E-state index contributed by atoms with van der Waals surface area (Å²) in [5.41, 5.74) is 10.7. The fourth-order valence-corrected chi connectivity index (χ4v) is 15.7. The molecular weight excluding hydrogens is 791 g/mol. The summed E-state index contributed by atoms with van der Waals surface area (Å²) in [5, 5.41) is 12.9. The van der Waals surface area contributed by atoms with E-state index in [0.29, 0.717) is 0 Å². The fourth-order valence-electron chi connectivity index (χ4n) is 10.9. The van der Waals surface area contributed by atoms with Crippen LogP contribution in [0.2, 0.25) is 0 Å². The monoisotopic (exact) mass is 831 g/mol. The van der Waals surface area contributed by atoms with Gasteiger partial charge in [-0.25, -0.2) is 0 Å². The van der Waals surface area contributed by atoms with Crippen LogP contribution in [-0.2, 0) is 0 Å². The summed E-state index contributed by atoms with van der Waals surface area (Å²) in [5.74, 6) is 0. The van der Waals surface area contributed by atoms with E-state index >= 15 is 0 Å². The van der Waals surface area contributed by atoms with Crippen molar-refractivity contribution in [3.63, 3.8) is 0 Å². The molecule has 0 bridgehead atoms. The standard InChI is InChI=1S/C60H41N3Si/c1-5-19-42(20-6-1)62-54-30-16-13-27-49(54)51-38-37-48(41-58(51)62)64(45-23-9-3-10-24-45,46-25-11-4-12-26-46)47-35-33-44(34-36-47)61-56-32-18-15-29-53(56)59-57(61)40-39-52-50-28-14-17-31-55(50)63(60(52)59)43-21-7-2-8-22-43/h1-41H. The van der Waals surface area contributed by atoms with Crippen LogP contribution < -0.4 is 20.7 Å². The normalized spacial score (nSPS) is 12.1. The average molecular weight is 832 g/mol. The molecule has 0 saturated carbocycles. The number of hydrogen-bond acceptors (Lipinski definition) is 0. The molecule has 0 aliphatic carbocycles. The number of benzene rings is 10. The van der Waals surface area contributed by atoms with E-state index in [2.05, 4.69) is 262 Å². The summed E-state index contributed by atoms with van der Waals surface area (Å²) in [6.45, 7) is 0. The third kappa shape index (κ3) is 5.27. The maximum Gasteiger partial charge on any atom is 0.179 e. The molecule has 13 rings (SSSR count). The Hall–Kier alpha value is -8.18. The van der Waals surface area contributed by atoms with Crippen molar-refractivity contribution in [3.05, 3.63) is 249 Å². The van der Waals surface area contributed by atoms with E-state index in [9.17, 15) is 0 Å². The second kappa shape index (κ2) is 14.5. The highest BCUT2D eigenvalue weighted by molar-refractivity contribution is 7.20. The van der Waals surface area contributed by atoms with Crippen molar-refractivity contribution in [1.82, 2.24) is 13.7 Å². The van der Waals surface area contributed by atoms with Gasteiger partial charge in [-0.1, -0.05) is 182 Å².